The standard InChI is InChI=1S/C18H23N5O3.ClH/c1-19-9-5-14-6-10-21(11-7-14)18(24)17-8-12-22(20-17)15-3-2-4-16(13-15)23(25)26;/h2-4,8,12-14,19H,5-7,9-11H2,1H3;1H. The summed E-state index contributed by atoms with van der Waals surface area (Å²) in [5.41, 5.74) is 0.920. The number of rotatable bonds is 6. The molecule has 1 aromatic carbocycles. The van der Waals surface area contributed by atoms with Gasteiger partial charge in [0.25, 0.3) is 11.6 Å². The lowest BCUT2D eigenvalue weighted by Crippen LogP contribution is -2.39. The second-order valence-corrected chi connectivity index (χ2v) is 6.55. The van der Waals surface area contributed by atoms with Crippen molar-refractivity contribution in [3.63, 3.8) is 0 Å². The monoisotopic (exact) mass is 393 g/mol. The van der Waals surface area contributed by atoms with Gasteiger partial charge in [-0.1, -0.05) is 6.07 Å². The molecule has 1 saturated heterocycles. The van der Waals surface area contributed by atoms with Crippen molar-refractivity contribution in [3.8, 4) is 5.69 Å². The van der Waals surface area contributed by atoms with Crippen LogP contribution in [0.5, 0.6) is 0 Å². The summed E-state index contributed by atoms with van der Waals surface area (Å²) in [4.78, 5) is 25.0. The van der Waals surface area contributed by atoms with Crippen LogP contribution in [0.4, 0.5) is 5.69 Å². The molecular formula is C18H24ClN5O3. The Morgan fingerprint density at radius 3 is 2.74 bits per heavy atom. The number of piperidine rings is 1. The topological polar surface area (TPSA) is 93.3 Å². The molecule has 2 heterocycles. The molecule has 1 fully saturated rings. The van der Waals surface area contributed by atoms with Gasteiger partial charge in [-0.3, -0.25) is 14.9 Å². The molecule has 9 heteroatoms. The van der Waals surface area contributed by atoms with Gasteiger partial charge >= 0.3 is 0 Å². The predicted molar refractivity (Wildman–Crippen MR) is 105 cm³/mol. The number of hydrogen-bond acceptors (Lipinski definition) is 5. The minimum Gasteiger partial charge on any atom is -0.337 e. The molecule has 1 aliphatic heterocycles. The summed E-state index contributed by atoms with van der Waals surface area (Å²) in [5.74, 6) is 0.579. The van der Waals surface area contributed by atoms with E-state index >= 15 is 0 Å². The molecule has 8 nitrogen and oxygen atoms in total. The highest BCUT2D eigenvalue weighted by atomic mass is 35.5. The zero-order valence-electron chi connectivity index (χ0n) is 15.2. The van der Waals surface area contributed by atoms with E-state index in [1.807, 2.05) is 11.9 Å². The van der Waals surface area contributed by atoms with Gasteiger partial charge in [0.05, 0.1) is 10.6 Å². The number of benzene rings is 1. The number of non-ortho nitro benzene ring substituents is 1. The van der Waals surface area contributed by atoms with Gasteiger partial charge in [-0.25, -0.2) is 4.68 Å². The van der Waals surface area contributed by atoms with E-state index in [0.29, 0.717) is 17.3 Å². The fourth-order valence-electron chi connectivity index (χ4n) is 3.27. The van der Waals surface area contributed by atoms with Crippen molar-refractivity contribution in [1.82, 2.24) is 20.0 Å². The molecule has 0 spiro atoms. The van der Waals surface area contributed by atoms with E-state index in [2.05, 4.69) is 10.4 Å². The van der Waals surface area contributed by atoms with Crippen molar-refractivity contribution in [2.24, 2.45) is 5.92 Å². The van der Waals surface area contributed by atoms with Gasteiger partial charge in [0, 0.05) is 31.4 Å². The number of carbonyl (C=O) groups is 1. The molecule has 1 N–H and O–H groups in total. The van der Waals surface area contributed by atoms with Crippen molar-refractivity contribution in [2.45, 2.75) is 19.3 Å². The summed E-state index contributed by atoms with van der Waals surface area (Å²) in [7, 11) is 1.95. The van der Waals surface area contributed by atoms with Crippen LogP contribution in [0.1, 0.15) is 29.8 Å². The van der Waals surface area contributed by atoms with Crippen LogP contribution >= 0.6 is 12.4 Å². The van der Waals surface area contributed by atoms with Gasteiger partial charge in [0.15, 0.2) is 5.69 Å². The summed E-state index contributed by atoms with van der Waals surface area (Å²) >= 11 is 0. The summed E-state index contributed by atoms with van der Waals surface area (Å²) < 4.78 is 1.50. The third kappa shape index (κ3) is 5.05. The summed E-state index contributed by atoms with van der Waals surface area (Å²) in [6, 6.07) is 7.86. The first-order valence-electron chi connectivity index (χ1n) is 8.83. The minimum atomic E-state index is -0.447. The second-order valence-electron chi connectivity index (χ2n) is 6.55. The summed E-state index contributed by atoms with van der Waals surface area (Å²) in [5, 5.41) is 18.4. The lowest BCUT2D eigenvalue weighted by atomic mass is 9.93. The number of carbonyl (C=O) groups excluding carboxylic acids is 1. The number of nitro benzene ring substituents is 1. The first-order valence-corrected chi connectivity index (χ1v) is 8.83. The summed E-state index contributed by atoms with van der Waals surface area (Å²) in [6.07, 6.45) is 4.82. The molecule has 3 rings (SSSR count). The van der Waals surface area contributed by atoms with E-state index in [1.54, 1.807) is 24.4 Å². The van der Waals surface area contributed by atoms with Crippen LogP contribution in [0.2, 0.25) is 0 Å². The van der Waals surface area contributed by atoms with Crippen molar-refractivity contribution in [3.05, 3.63) is 52.3 Å². The van der Waals surface area contributed by atoms with E-state index in [-0.39, 0.29) is 24.0 Å². The zero-order valence-corrected chi connectivity index (χ0v) is 16.0. The largest absolute Gasteiger partial charge is 0.337 e. The molecular weight excluding hydrogens is 370 g/mol. The number of halogens is 1. The number of likely N-dealkylation sites (tertiary alicyclic amines) is 1. The number of amides is 1. The smallest absolute Gasteiger partial charge is 0.274 e. The van der Waals surface area contributed by atoms with Gasteiger partial charge in [0.2, 0.25) is 0 Å². The Bertz CT molecular complexity index is 787. The Morgan fingerprint density at radius 1 is 1.33 bits per heavy atom. The fraction of sp³-hybridized carbons (Fsp3) is 0.444. The molecule has 0 bridgehead atoms. The molecule has 1 aliphatic rings. The Morgan fingerprint density at radius 2 is 2.07 bits per heavy atom. The molecule has 27 heavy (non-hydrogen) atoms. The maximum atomic E-state index is 12.7. The van der Waals surface area contributed by atoms with Crippen LogP contribution in [0.15, 0.2) is 36.5 Å². The van der Waals surface area contributed by atoms with Gasteiger partial charge in [-0.05, 0) is 50.9 Å². The van der Waals surface area contributed by atoms with Crippen molar-refractivity contribution >= 4 is 24.0 Å². The number of nitrogens with zero attached hydrogens (tertiary/aromatic N) is 4. The Kier molecular flexibility index (Phi) is 7.32. The normalized spacial score (nSPS) is 14.6. The number of hydrogen-bond donors (Lipinski definition) is 1. The Hall–Kier alpha value is -2.45. The van der Waals surface area contributed by atoms with E-state index in [1.165, 1.54) is 16.8 Å². The van der Waals surface area contributed by atoms with Crippen molar-refractivity contribution in [1.29, 1.82) is 0 Å². The van der Waals surface area contributed by atoms with Crippen LogP contribution in [0.3, 0.4) is 0 Å². The molecule has 0 radical (unpaired) electrons. The third-order valence-corrected chi connectivity index (χ3v) is 4.82. The van der Waals surface area contributed by atoms with Gasteiger partial charge in [-0.2, -0.15) is 5.10 Å². The fourth-order valence-corrected chi connectivity index (χ4v) is 3.27. The lowest BCUT2D eigenvalue weighted by molar-refractivity contribution is -0.384. The van der Waals surface area contributed by atoms with Crippen LogP contribution in [-0.4, -0.2) is 52.2 Å². The minimum absolute atomic E-state index is 0. The van der Waals surface area contributed by atoms with Gasteiger partial charge < -0.3 is 10.2 Å². The van der Waals surface area contributed by atoms with E-state index in [0.717, 1.165) is 38.9 Å². The van der Waals surface area contributed by atoms with Gasteiger partial charge in [-0.15, -0.1) is 12.4 Å². The zero-order chi connectivity index (χ0) is 18.5. The maximum absolute atomic E-state index is 12.7. The molecule has 1 aromatic heterocycles. The molecule has 0 aliphatic carbocycles. The Labute approximate surface area is 164 Å². The molecule has 0 saturated carbocycles. The molecule has 0 unspecified atom stereocenters. The number of aromatic nitrogens is 2. The quantitative estimate of drug-likeness (QED) is 0.601. The van der Waals surface area contributed by atoms with E-state index in [9.17, 15) is 14.9 Å². The van der Waals surface area contributed by atoms with Crippen molar-refractivity contribution < 1.29 is 9.72 Å². The molecule has 1 amide bonds. The molecule has 2 aromatic rings. The third-order valence-electron chi connectivity index (χ3n) is 4.82. The number of nitro groups is 1. The lowest BCUT2D eigenvalue weighted by Gasteiger charge is -2.31. The Balaban J connectivity index is 0.00000261. The molecule has 146 valence electrons. The highest BCUT2D eigenvalue weighted by Crippen LogP contribution is 2.22. The predicted octanol–water partition coefficient (Wildman–Crippen LogP) is 2.66. The van der Waals surface area contributed by atoms with Crippen molar-refractivity contribution in [2.75, 3.05) is 26.7 Å². The van der Waals surface area contributed by atoms with Gasteiger partial charge in [0.1, 0.15) is 0 Å². The molecule has 0 atom stereocenters. The average Bonchev–Trinajstić information content (AvgIpc) is 3.16. The van der Waals surface area contributed by atoms with E-state index < -0.39 is 4.92 Å². The first-order chi connectivity index (χ1) is 12.6. The van der Waals surface area contributed by atoms with Crippen LogP contribution in [0.25, 0.3) is 5.69 Å². The number of nitrogens with one attached hydrogen (secondary N) is 1. The van der Waals surface area contributed by atoms with Crippen LogP contribution < -0.4 is 5.32 Å². The maximum Gasteiger partial charge on any atom is 0.274 e. The van der Waals surface area contributed by atoms with E-state index in [4.69, 9.17) is 0 Å². The van der Waals surface area contributed by atoms with Crippen LogP contribution in [-0.2, 0) is 0 Å². The highest BCUT2D eigenvalue weighted by molar-refractivity contribution is 5.92. The SMILES string of the molecule is CNCCC1CCN(C(=O)c2ccn(-c3cccc([N+](=O)[O-])c3)n2)CC1.Cl. The summed E-state index contributed by atoms with van der Waals surface area (Å²) in [6.45, 7) is 2.50. The average molecular weight is 394 g/mol. The van der Waals surface area contributed by atoms with Crippen LogP contribution in [0, 0.1) is 16.0 Å². The first kappa shape index (κ1) is 20.9. The highest BCUT2D eigenvalue weighted by Gasteiger charge is 2.24. The second kappa shape index (κ2) is 9.48.